The lowest BCUT2D eigenvalue weighted by atomic mass is 9.85. The van der Waals surface area contributed by atoms with Gasteiger partial charge in [-0.1, -0.05) is 29.8 Å². The van der Waals surface area contributed by atoms with E-state index in [1.54, 1.807) is 0 Å². The molecule has 1 fully saturated rings. The molecule has 0 radical (unpaired) electrons. The van der Waals surface area contributed by atoms with E-state index in [0.29, 0.717) is 32.4 Å². The van der Waals surface area contributed by atoms with Gasteiger partial charge < -0.3 is 19.8 Å². The van der Waals surface area contributed by atoms with Crippen LogP contribution in [0.25, 0.3) is 0 Å². The van der Waals surface area contributed by atoms with E-state index in [0.717, 1.165) is 5.56 Å². The summed E-state index contributed by atoms with van der Waals surface area (Å²) >= 11 is 0. The third kappa shape index (κ3) is 7.32. The Hall–Kier alpha value is -1.15. The highest BCUT2D eigenvalue weighted by atomic mass is 19.4. The zero-order valence-electron chi connectivity index (χ0n) is 14.4. The minimum absolute atomic E-state index is 0.248. The molecule has 1 aromatic carbocycles. The van der Waals surface area contributed by atoms with Gasteiger partial charge in [0, 0.05) is 26.1 Å². The molecule has 0 bridgehead atoms. The molecule has 0 aromatic heterocycles. The molecule has 142 valence electrons. The molecule has 7 heteroatoms. The minimum atomic E-state index is -4.38. The monoisotopic (exact) mass is 361 g/mol. The number of aryl methyl sites for hydroxylation is 1. The van der Waals surface area contributed by atoms with Crippen molar-refractivity contribution in [3.63, 3.8) is 0 Å². The van der Waals surface area contributed by atoms with Crippen molar-refractivity contribution in [2.45, 2.75) is 44.1 Å². The van der Waals surface area contributed by atoms with Crippen LogP contribution >= 0.6 is 0 Å². The third-order valence-electron chi connectivity index (χ3n) is 4.49. The Morgan fingerprint density at radius 3 is 2.36 bits per heavy atom. The quantitative estimate of drug-likeness (QED) is 0.783. The fourth-order valence-electron chi connectivity index (χ4n) is 3.08. The highest BCUT2D eigenvalue weighted by molar-refractivity contribution is 5.23. The van der Waals surface area contributed by atoms with E-state index < -0.39 is 24.5 Å². The summed E-state index contributed by atoms with van der Waals surface area (Å²) in [6.45, 7) is 1.76. The maximum atomic E-state index is 12.0. The van der Waals surface area contributed by atoms with Crippen LogP contribution in [-0.4, -0.2) is 65.8 Å². The molecule has 1 heterocycles. The van der Waals surface area contributed by atoms with Gasteiger partial charge in [0.15, 0.2) is 0 Å². The highest BCUT2D eigenvalue weighted by Gasteiger charge is 2.33. The van der Waals surface area contributed by atoms with Crippen LogP contribution in [0.15, 0.2) is 24.3 Å². The first kappa shape index (κ1) is 20.2. The van der Waals surface area contributed by atoms with Gasteiger partial charge in [-0.2, -0.15) is 13.2 Å². The number of halogens is 3. The predicted molar refractivity (Wildman–Crippen MR) is 88.4 cm³/mol. The van der Waals surface area contributed by atoms with E-state index in [1.165, 1.54) is 5.56 Å². The maximum Gasteiger partial charge on any atom is 0.411 e. The topological polar surface area (TPSA) is 52.9 Å². The molecule has 1 aliphatic heterocycles. The van der Waals surface area contributed by atoms with Gasteiger partial charge in [-0.3, -0.25) is 0 Å². The van der Waals surface area contributed by atoms with Crippen LogP contribution in [0.5, 0.6) is 0 Å². The standard InChI is InChI=1S/C18H26F3NO3/c1-14-2-4-15(5-3-14)10-17(24)6-8-22(9-7-17)11-16(23)12-25-13-18(19,20)21/h2-5,16,23-24H,6-13H2,1H3. The lowest BCUT2D eigenvalue weighted by Gasteiger charge is -2.39. The van der Waals surface area contributed by atoms with E-state index in [4.69, 9.17) is 0 Å². The molecule has 0 spiro atoms. The fraction of sp³-hybridized carbons (Fsp3) is 0.667. The number of alkyl halides is 3. The minimum Gasteiger partial charge on any atom is -0.389 e. The van der Waals surface area contributed by atoms with Crippen LogP contribution < -0.4 is 0 Å². The number of ether oxygens (including phenoxy) is 1. The van der Waals surface area contributed by atoms with Crippen LogP contribution in [0.3, 0.4) is 0 Å². The van der Waals surface area contributed by atoms with Crippen LogP contribution in [-0.2, 0) is 11.2 Å². The van der Waals surface area contributed by atoms with Crippen molar-refractivity contribution in [1.29, 1.82) is 0 Å². The molecule has 2 N–H and O–H groups in total. The summed E-state index contributed by atoms with van der Waals surface area (Å²) in [7, 11) is 0. The number of aliphatic hydroxyl groups is 2. The van der Waals surface area contributed by atoms with Gasteiger partial charge in [-0.15, -0.1) is 0 Å². The number of benzene rings is 1. The second kappa shape index (κ2) is 8.49. The summed E-state index contributed by atoms with van der Waals surface area (Å²) in [5.74, 6) is 0. The van der Waals surface area contributed by atoms with Crippen molar-refractivity contribution in [2.24, 2.45) is 0 Å². The summed E-state index contributed by atoms with van der Waals surface area (Å²) in [4.78, 5) is 1.95. The lowest BCUT2D eigenvalue weighted by Crippen LogP contribution is -2.48. The molecular formula is C18H26F3NO3. The zero-order chi connectivity index (χ0) is 18.5. The van der Waals surface area contributed by atoms with Crippen molar-refractivity contribution < 1.29 is 28.1 Å². The van der Waals surface area contributed by atoms with Gasteiger partial charge in [0.1, 0.15) is 6.61 Å². The molecule has 1 aromatic rings. The molecule has 2 rings (SSSR count). The first-order chi connectivity index (χ1) is 11.7. The molecule has 4 nitrogen and oxygen atoms in total. The highest BCUT2D eigenvalue weighted by Crippen LogP contribution is 2.26. The zero-order valence-corrected chi connectivity index (χ0v) is 14.4. The van der Waals surface area contributed by atoms with Crippen molar-refractivity contribution >= 4 is 0 Å². The Kier molecular flexibility index (Phi) is 6.85. The van der Waals surface area contributed by atoms with Gasteiger partial charge in [-0.05, 0) is 25.3 Å². The molecule has 1 atom stereocenters. The van der Waals surface area contributed by atoms with Crippen molar-refractivity contribution in [3.05, 3.63) is 35.4 Å². The van der Waals surface area contributed by atoms with Crippen molar-refractivity contribution in [1.82, 2.24) is 4.90 Å². The Balaban J connectivity index is 1.72. The molecule has 1 saturated heterocycles. The first-order valence-corrected chi connectivity index (χ1v) is 8.48. The molecule has 1 unspecified atom stereocenters. The van der Waals surface area contributed by atoms with Crippen molar-refractivity contribution in [2.75, 3.05) is 32.8 Å². The number of hydrogen-bond donors (Lipinski definition) is 2. The maximum absolute atomic E-state index is 12.0. The summed E-state index contributed by atoms with van der Waals surface area (Å²) in [5.41, 5.74) is 1.48. The number of β-amino-alcohol motifs (C(OH)–C–C–N with tert-alkyl or cyclic N) is 1. The van der Waals surface area contributed by atoms with Crippen LogP contribution in [0, 0.1) is 6.92 Å². The average molecular weight is 361 g/mol. The summed E-state index contributed by atoms with van der Waals surface area (Å²) in [6, 6.07) is 8.07. The normalized spacial score (nSPS) is 19.8. The van der Waals surface area contributed by atoms with Gasteiger partial charge >= 0.3 is 6.18 Å². The Bertz CT molecular complexity index is 525. The molecule has 0 aliphatic carbocycles. The number of piperidine rings is 1. The summed E-state index contributed by atoms with van der Waals surface area (Å²) < 4.78 is 40.5. The Morgan fingerprint density at radius 2 is 1.80 bits per heavy atom. The van der Waals surface area contributed by atoms with Crippen LogP contribution in [0.1, 0.15) is 24.0 Å². The fourth-order valence-corrected chi connectivity index (χ4v) is 3.08. The Morgan fingerprint density at radius 1 is 1.20 bits per heavy atom. The second-order valence-corrected chi connectivity index (χ2v) is 6.97. The smallest absolute Gasteiger partial charge is 0.389 e. The first-order valence-electron chi connectivity index (χ1n) is 8.48. The predicted octanol–water partition coefficient (Wildman–Crippen LogP) is 2.30. The lowest BCUT2D eigenvalue weighted by molar-refractivity contribution is -0.179. The van der Waals surface area contributed by atoms with E-state index in [-0.39, 0.29) is 13.2 Å². The van der Waals surface area contributed by atoms with Gasteiger partial charge in [0.05, 0.1) is 18.3 Å². The summed E-state index contributed by atoms with van der Waals surface area (Å²) in [6.07, 6.45) is -3.63. The van der Waals surface area contributed by atoms with Crippen LogP contribution in [0.2, 0.25) is 0 Å². The Labute approximate surface area is 146 Å². The largest absolute Gasteiger partial charge is 0.411 e. The van der Waals surface area contributed by atoms with Gasteiger partial charge in [0.25, 0.3) is 0 Å². The number of rotatable bonds is 7. The SMILES string of the molecule is Cc1ccc(CC2(O)CCN(CC(O)COCC(F)(F)F)CC2)cc1. The molecule has 25 heavy (non-hydrogen) atoms. The summed E-state index contributed by atoms with van der Waals surface area (Å²) in [5, 5.41) is 20.5. The van der Waals surface area contributed by atoms with E-state index in [1.807, 2.05) is 36.1 Å². The number of hydrogen-bond acceptors (Lipinski definition) is 4. The number of aliphatic hydroxyl groups excluding tert-OH is 1. The van der Waals surface area contributed by atoms with E-state index in [9.17, 15) is 23.4 Å². The molecule has 0 saturated carbocycles. The molecule has 0 amide bonds. The second-order valence-electron chi connectivity index (χ2n) is 6.97. The molecular weight excluding hydrogens is 335 g/mol. The number of nitrogens with zero attached hydrogens (tertiary/aromatic N) is 1. The average Bonchev–Trinajstić information content (AvgIpc) is 2.51. The molecule has 1 aliphatic rings. The third-order valence-corrected chi connectivity index (χ3v) is 4.49. The van der Waals surface area contributed by atoms with Gasteiger partial charge in [0.2, 0.25) is 0 Å². The van der Waals surface area contributed by atoms with Crippen LogP contribution in [0.4, 0.5) is 13.2 Å². The van der Waals surface area contributed by atoms with Crippen molar-refractivity contribution in [3.8, 4) is 0 Å². The van der Waals surface area contributed by atoms with Gasteiger partial charge in [-0.25, -0.2) is 0 Å². The van der Waals surface area contributed by atoms with E-state index in [2.05, 4.69) is 4.74 Å². The number of likely N-dealkylation sites (tertiary alicyclic amines) is 1. The van der Waals surface area contributed by atoms with E-state index >= 15 is 0 Å².